The summed E-state index contributed by atoms with van der Waals surface area (Å²) in [5.74, 6) is -0.888. The molecule has 0 radical (unpaired) electrons. The highest BCUT2D eigenvalue weighted by atomic mass is 16.6. The second-order valence-electron chi connectivity index (χ2n) is 20.2. The summed E-state index contributed by atoms with van der Waals surface area (Å²) in [7, 11) is 0. The second-order valence-corrected chi connectivity index (χ2v) is 20.2. The Morgan fingerprint density at radius 3 is 0.897 bits per heavy atom. The predicted molar refractivity (Wildman–Crippen MR) is 293 cm³/mol. The minimum atomic E-state index is -0.775. The van der Waals surface area contributed by atoms with Crippen LogP contribution in [0.5, 0.6) is 0 Å². The molecule has 0 aromatic rings. The molecule has 0 aromatic carbocycles. The van der Waals surface area contributed by atoms with E-state index in [0.29, 0.717) is 19.3 Å². The van der Waals surface area contributed by atoms with Gasteiger partial charge in [-0.05, 0) is 51.4 Å². The van der Waals surface area contributed by atoms with E-state index in [2.05, 4.69) is 57.2 Å². The number of rotatable bonds is 55. The highest BCUT2D eigenvalue weighted by Crippen LogP contribution is 2.18. The zero-order chi connectivity index (χ0) is 49.3. The first-order valence-electron chi connectivity index (χ1n) is 30.0. The third kappa shape index (κ3) is 54.6. The molecule has 0 saturated heterocycles. The van der Waals surface area contributed by atoms with Crippen LogP contribution in [0.3, 0.4) is 0 Å². The number of unbranched alkanes of at least 4 members (excludes halogenated alkanes) is 38. The molecule has 0 aliphatic heterocycles. The van der Waals surface area contributed by atoms with Crippen molar-refractivity contribution in [2.75, 3.05) is 13.2 Å². The van der Waals surface area contributed by atoms with Gasteiger partial charge < -0.3 is 14.2 Å². The highest BCUT2D eigenvalue weighted by Gasteiger charge is 2.19. The monoisotopic (exact) mass is 955 g/mol. The van der Waals surface area contributed by atoms with Gasteiger partial charge in [-0.3, -0.25) is 14.4 Å². The number of carbonyl (C=O) groups is 3. The smallest absolute Gasteiger partial charge is 0.306 e. The van der Waals surface area contributed by atoms with Crippen molar-refractivity contribution in [3.63, 3.8) is 0 Å². The molecule has 6 nitrogen and oxygen atoms in total. The minimum absolute atomic E-state index is 0.0757. The van der Waals surface area contributed by atoms with Crippen LogP contribution in [0.4, 0.5) is 0 Å². The summed E-state index contributed by atoms with van der Waals surface area (Å²) in [4.78, 5) is 37.8. The molecule has 0 fully saturated rings. The van der Waals surface area contributed by atoms with Gasteiger partial charge in [0.1, 0.15) is 13.2 Å². The number of hydrogen-bond donors (Lipinski definition) is 0. The van der Waals surface area contributed by atoms with Crippen molar-refractivity contribution >= 4 is 17.9 Å². The second kappa shape index (κ2) is 57.2. The van der Waals surface area contributed by atoms with E-state index >= 15 is 0 Å². The van der Waals surface area contributed by atoms with Gasteiger partial charge >= 0.3 is 17.9 Å². The average molecular weight is 956 g/mol. The maximum absolute atomic E-state index is 12.8. The molecule has 398 valence electrons. The van der Waals surface area contributed by atoms with Gasteiger partial charge in [-0.25, -0.2) is 0 Å². The molecule has 0 bridgehead atoms. The van der Waals surface area contributed by atoms with Gasteiger partial charge in [-0.2, -0.15) is 0 Å². The van der Waals surface area contributed by atoms with Gasteiger partial charge in [0.05, 0.1) is 0 Å². The molecule has 0 amide bonds. The fourth-order valence-corrected chi connectivity index (χ4v) is 8.93. The summed E-state index contributed by atoms with van der Waals surface area (Å²) < 4.78 is 16.7. The molecule has 0 aromatic heterocycles. The fourth-order valence-electron chi connectivity index (χ4n) is 8.93. The third-order valence-electron chi connectivity index (χ3n) is 13.4. The number of ether oxygens (including phenoxy) is 3. The molecule has 68 heavy (non-hydrogen) atoms. The third-order valence-corrected chi connectivity index (χ3v) is 13.4. The van der Waals surface area contributed by atoms with E-state index in [1.807, 2.05) is 0 Å². The fraction of sp³-hybridized carbons (Fsp3) is 0.855. The Bertz CT molecular complexity index is 1140. The van der Waals surface area contributed by atoms with E-state index < -0.39 is 6.10 Å². The molecule has 1 unspecified atom stereocenters. The summed E-state index contributed by atoms with van der Waals surface area (Å²) in [6.07, 6.45) is 69.1. The predicted octanol–water partition coefficient (Wildman–Crippen LogP) is 20.0. The van der Waals surface area contributed by atoms with Crippen LogP contribution in [-0.4, -0.2) is 37.2 Å². The van der Waals surface area contributed by atoms with Crippen LogP contribution in [0.1, 0.15) is 323 Å². The lowest BCUT2D eigenvalue weighted by molar-refractivity contribution is -0.167. The zero-order valence-corrected chi connectivity index (χ0v) is 45.6. The summed E-state index contributed by atoms with van der Waals surface area (Å²) in [6.45, 7) is 6.49. The van der Waals surface area contributed by atoms with Gasteiger partial charge in [0, 0.05) is 19.3 Å². The first kappa shape index (κ1) is 65.6. The largest absolute Gasteiger partial charge is 0.462 e. The van der Waals surface area contributed by atoms with Crippen LogP contribution in [0.25, 0.3) is 0 Å². The summed E-state index contributed by atoms with van der Waals surface area (Å²) >= 11 is 0. The van der Waals surface area contributed by atoms with Gasteiger partial charge in [-0.15, -0.1) is 0 Å². The van der Waals surface area contributed by atoms with Crippen molar-refractivity contribution in [2.24, 2.45) is 0 Å². The van der Waals surface area contributed by atoms with E-state index in [-0.39, 0.29) is 31.1 Å². The Labute approximate surface area is 423 Å². The quantitative estimate of drug-likeness (QED) is 0.0262. The van der Waals surface area contributed by atoms with E-state index in [4.69, 9.17) is 14.2 Å². The normalized spacial score (nSPS) is 12.2. The van der Waals surface area contributed by atoms with Crippen molar-refractivity contribution in [1.82, 2.24) is 0 Å². The zero-order valence-electron chi connectivity index (χ0n) is 45.6. The van der Waals surface area contributed by atoms with Crippen molar-refractivity contribution in [2.45, 2.75) is 329 Å². The number of allylic oxidation sites excluding steroid dienone is 6. The van der Waals surface area contributed by atoms with Crippen molar-refractivity contribution < 1.29 is 28.6 Å². The number of carbonyl (C=O) groups excluding carboxylic acids is 3. The summed E-state index contributed by atoms with van der Waals surface area (Å²) in [6, 6.07) is 0. The Morgan fingerprint density at radius 2 is 0.574 bits per heavy atom. The van der Waals surface area contributed by atoms with Gasteiger partial charge in [-0.1, -0.05) is 288 Å². The maximum Gasteiger partial charge on any atom is 0.306 e. The lowest BCUT2D eigenvalue weighted by Gasteiger charge is -2.18. The first-order chi connectivity index (χ1) is 33.5. The Morgan fingerprint density at radius 1 is 0.309 bits per heavy atom. The van der Waals surface area contributed by atoms with Crippen LogP contribution in [0.15, 0.2) is 36.5 Å². The summed E-state index contributed by atoms with van der Waals surface area (Å²) in [5, 5.41) is 0. The molecule has 0 heterocycles. The summed E-state index contributed by atoms with van der Waals surface area (Å²) in [5.41, 5.74) is 0. The van der Waals surface area contributed by atoms with E-state index in [0.717, 1.165) is 96.3 Å². The molecule has 0 aliphatic carbocycles. The van der Waals surface area contributed by atoms with Gasteiger partial charge in [0.2, 0.25) is 0 Å². The number of esters is 3. The van der Waals surface area contributed by atoms with E-state index in [9.17, 15) is 14.4 Å². The maximum atomic E-state index is 12.8. The van der Waals surface area contributed by atoms with Gasteiger partial charge in [0.25, 0.3) is 0 Å². The molecular weight excluding hydrogens is 841 g/mol. The molecule has 0 spiro atoms. The van der Waals surface area contributed by atoms with Crippen LogP contribution in [0, 0.1) is 0 Å². The van der Waals surface area contributed by atoms with Crippen LogP contribution < -0.4 is 0 Å². The van der Waals surface area contributed by atoms with Crippen molar-refractivity contribution in [3.8, 4) is 0 Å². The molecule has 1 atom stereocenters. The molecule has 6 heteroatoms. The topological polar surface area (TPSA) is 78.9 Å². The van der Waals surface area contributed by atoms with E-state index in [1.54, 1.807) is 0 Å². The number of hydrogen-bond acceptors (Lipinski definition) is 6. The van der Waals surface area contributed by atoms with Crippen LogP contribution in [0.2, 0.25) is 0 Å². The Kier molecular flexibility index (Phi) is 55.2. The molecule has 0 saturated carbocycles. The lowest BCUT2D eigenvalue weighted by Crippen LogP contribution is -2.30. The first-order valence-corrected chi connectivity index (χ1v) is 30.0. The molecule has 0 aliphatic rings. The standard InChI is InChI=1S/C62H114O6/c1-4-7-10-13-16-18-20-22-24-25-26-27-28-29-30-31-32-33-34-35-36-37-39-40-42-44-46-49-52-55-61(64)67-58-59(57-66-60(63)54-51-48-15-12-9-6-3)68-62(65)56-53-50-47-45-43-41-38-23-21-19-17-14-11-8-5-2/h8,11,17,19,23,38,59H,4-7,9-10,12-16,18,20-22,24-37,39-58H2,1-3H3/b11-8-,19-17-,38-23-. The lowest BCUT2D eigenvalue weighted by atomic mass is 10.0. The SMILES string of the molecule is CC/C=C\C/C=C\C/C=C\CCCCCCCC(=O)OC(COC(=O)CCCCCCCC)COC(=O)CCCCCCCCCCCCCCCCCCCCCCCCCCCCCCC. The molecule has 0 rings (SSSR count). The average Bonchev–Trinajstić information content (AvgIpc) is 3.34. The highest BCUT2D eigenvalue weighted by molar-refractivity contribution is 5.71. The van der Waals surface area contributed by atoms with E-state index in [1.165, 1.54) is 186 Å². The molecular formula is C62H114O6. The van der Waals surface area contributed by atoms with Gasteiger partial charge in [0.15, 0.2) is 6.10 Å². The van der Waals surface area contributed by atoms with Crippen molar-refractivity contribution in [1.29, 1.82) is 0 Å². The van der Waals surface area contributed by atoms with Crippen molar-refractivity contribution in [3.05, 3.63) is 36.5 Å². The molecule has 0 N–H and O–H groups in total. The van der Waals surface area contributed by atoms with Crippen LogP contribution in [-0.2, 0) is 28.6 Å². The van der Waals surface area contributed by atoms with Crippen LogP contribution >= 0.6 is 0 Å². The minimum Gasteiger partial charge on any atom is -0.462 e. The Balaban J connectivity index is 3.98. The Hall–Kier alpha value is -2.37.